The summed E-state index contributed by atoms with van der Waals surface area (Å²) < 4.78 is 6.35. The minimum atomic E-state index is -0.911. The summed E-state index contributed by atoms with van der Waals surface area (Å²) in [5.74, 6) is 0.809. The van der Waals surface area contributed by atoms with Gasteiger partial charge in [-0.25, -0.2) is 0 Å². The third-order valence-electron chi connectivity index (χ3n) is 3.18. The Kier molecular flexibility index (Phi) is 4.90. The maximum Gasteiger partial charge on any atom is 0.252 e. The van der Waals surface area contributed by atoms with Crippen molar-refractivity contribution in [3.8, 4) is 11.3 Å². The van der Waals surface area contributed by atoms with Crippen molar-refractivity contribution in [3.63, 3.8) is 0 Å². The summed E-state index contributed by atoms with van der Waals surface area (Å²) in [4.78, 5) is 15.9. The van der Waals surface area contributed by atoms with Gasteiger partial charge in [0.05, 0.1) is 12.1 Å². The Balaban J connectivity index is 1.61. The minimum Gasteiger partial charge on any atom is -0.458 e. The third kappa shape index (κ3) is 3.87. The van der Waals surface area contributed by atoms with Gasteiger partial charge in [0.2, 0.25) is 0 Å². The van der Waals surface area contributed by atoms with Gasteiger partial charge < -0.3 is 14.8 Å². The lowest BCUT2D eigenvalue weighted by molar-refractivity contribution is 0.0901. The zero-order chi connectivity index (χ0) is 16.2. The van der Waals surface area contributed by atoms with E-state index in [2.05, 4.69) is 26.2 Å². The van der Waals surface area contributed by atoms with Gasteiger partial charge in [-0.15, -0.1) is 0 Å². The van der Waals surface area contributed by atoms with E-state index in [4.69, 9.17) is 4.42 Å². The van der Waals surface area contributed by atoms with Crippen LogP contribution in [0.5, 0.6) is 0 Å². The number of carbonyl (C=O) groups is 1. The summed E-state index contributed by atoms with van der Waals surface area (Å²) in [7, 11) is 0. The molecule has 0 spiro atoms. The highest BCUT2D eigenvalue weighted by molar-refractivity contribution is 9.10. The van der Waals surface area contributed by atoms with Crippen molar-refractivity contribution < 1.29 is 14.3 Å². The van der Waals surface area contributed by atoms with Crippen LogP contribution in [-0.4, -0.2) is 22.5 Å². The molecule has 0 fully saturated rings. The number of carbonyl (C=O) groups excluding carboxylic acids is 1. The summed E-state index contributed by atoms with van der Waals surface area (Å²) in [6.45, 7) is 0.0575. The van der Waals surface area contributed by atoms with Crippen LogP contribution < -0.4 is 5.32 Å². The SMILES string of the molecule is O=C(NCC(O)c1ccc(-c2ccsc2)o1)c1cncc(Br)c1. The van der Waals surface area contributed by atoms with Crippen molar-refractivity contribution in [2.45, 2.75) is 6.10 Å². The fourth-order valence-corrected chi connectivity index (χ4v) is 3.03. The van der Waals surface area contributed by atoms with Gasteiger partial charge in [-0.1, -0.05) is 0 Å². The third-order valence-corrected chi connectivity index (χ3v) is 4.30. The molecule has 3 rings (SSSR count). The summed E-state index contributed by atoms with van der Waals surface area (Å²) in [5.41, 5.74) is 1.39. The van der Waals surface area contributed by atoms with Gasteiger partial charge >= 0.3 is 0 Å². The van der Waals surface area contributed by atoms with Crippen LogP contribution in [0, 0.1) is 0 Å². The van der Waals surface area contributed by atoms with E-state index in [1.165, 1.54) is 6.20 Å². The number of aliphatic hydroxyl groups excluding tert-OH is 1. The molecule has 0 radical (unpaired) electrons. The van der Waals surface area contributed by atoms with E-state index in [1.54, 1.807) is 35.7 Å². The lowest BCUT2D eigenvalue weighted by atomic mass is 10.2. The summed E-state index contributed by atoms with van der Waals surface area (Å²) >= 11 is 4.84. The molecule has 0 aromatic carbocycles. The molecule has 0 saturated carbocycles. The molecule has 3 heterocycles. The summed E-state index contributed by atoms with van der Waals surface area (Å²) in [5, 5.41) is 16.7. The zero-order valence-corrected chi connectivity index (χ0v) is 14.3. The molecule has 1 atom stereocenters. The van der Waals surface area contributed by atoms with Crippen LogP contribution in [0.1, 0.15) is 22.2 Å². The largest absolute Gasteiger partial charge is 0.458 e. The molecule has 0 aliphatic heterocycles. The highest BCUT2D eigenvalue weighted by atomic mass is 79.9. The second kappa shape index (κ2) is 7.08. The number of aliphatic hydroxyl groups is 1. The first-order valence-corrected chi connectivity index (χ1v) is 8.56. The number of nitrogens with one attached hydrogen (secondary N) is 1. The van der Waals surface area contributed by atoms with E-state index in [-0.39, 0.29) is 12.5 Å². The average molecular weight is 393 g/mol. The van der Waals surface area contributed by atoms with Crippen molar-refractivity contribution in [2.75, 3.05) is 6.54 Å². The number of furan rings is 1. The van der Waals surface area contributed by atoms with Gasteiger partial charge in [-0.3, -0.25) is 9.78 Å². The van der Waals surface area contributed by atoms with Crippen molar-refractivity contribution in [1.82, 2.24) is 10.3 Å². The van der Waals surface area contributed by atoms with Gasteiger partial charge in [0, 0.05) is 27.8 Å². The molecule has 0 saturated heterocycles. The number of halogens is 1. The zero-order valence-electron chi connectivity index (χ0n) is 11.9. The van der Waals surface area contributed by atoms with Crippen LogP contribution in [-0.2, 0) is 0 Å². The standard InChI is InChI=1S/C16H13BrN2O3S/c17-12-5-11(6-18-7-12)16(21)19-8-13(20)15-2-1-14(22-15)10-3-4-23-9-10/h1-7,9,13,20H,8H2,(H,19,21). The Morgan fingerprint density at radius 3 is 3.00 bits per heavy atom. The number of amides is 1. The number of nitrogens with zero attached hydrogens (tertiary/aromatic N) is 1. The lowest BCUT2D eigenvalue weighted by Crippen LogP contribution is -2.28. The van der Waals surface area contributed by atoms with Gasteiger partial charge in [-0.05, 0) is 45.6 Å². The second-order valence-electron chi connectivity index (χ2n) is 4.83. The van der Waals surface area contributed by atoms with E-state index in [0.717, 1.165) is 10.0 Å². The highest BCUT2D eigenvalue weighted by Gasteiger charge is 2.15. The molecule has 1 unspecified atom stereocenters. The Morgan fingerprint density at radius 1 is 1.39 bits per heavy atom. The fraction of sp³-hybridized carbons (Fsp3) is 0.125. The van der Waals surface area contributed by atoms with Crippen LogP contribution in [0.2, 0.25) is 0 Å². The molecule has 3 aromatic rings. The number of hydrogen-bond acceptors (Lipinski definition) is 5. The van der Waals surface area contributed by atoms with Gasteiger partial charge in [-0.2, -0.15) is 11.3 Å². The first-order valence-electron chi connectivity index (χ1n) is 6.82. The van der Waals surface area contributed by atoms with Gasteiger partial charge in [0.25, 0.3) is 5.91 Å². The van der Waals surface area contributed by atoms with Crippen LogP contribution in [0.4, 0.5) is 0 Å². The molecule has 23 heavy (non-hydrogen) atoms. The molecule has 118 valence electrons. The molecular formula is C16H13BrN2O3S. The topological polar surface area (TPSA) is 75.4 Å². The fourth-order valence-electron chi connectivity index (χ4n) is 2.02. The van der Waals surface area contributed by atoms with Gasteiger partial charge in [0.1, 0.15) is 17.6 Å². The smallest absolute Gasteiger partial charge is 0.252 e. The lowest BCUT2D eigenvalue weighted by Gasteiger charge is -2.09. The van der Waals surface area contributed by atoms with E-state index >= 15 is 0 Å². The van der Waals surface area contributed by atoms with E-state index in [9.17, 15) is 9.90 Å². The molecule has 3 aromatic heterocycles. The van der Waals surface area contributed by atoms with Gasteiger partial charge in [0.15, 0.2) is 0 Å². The molecule has 7 heteroatoms. The first-order chi connectivity index (χ1) is 11.1. The Bertz CT molecular complexity index is 801. The molecular weight excluding hydrogens is 380 g/mol. The predicted molar refractivity (Wildman–Crippen MR) is 91.3 cm³/mol. The van der Waals surface area contributed by atoms with E-state index in [1.807, 2.05) is 16.8 Å². The van der Waals surface area contributed by atoms with Crippen molar-refractivity contribution in [3.05, 3.63) is 63.2 Å². The van der Waals surface area contributed by atoms with Crippen LogP contribution in [0.15, 0.2) is 56.3 Å². The minimum absolute atomic E-state index is 0.0575. The number of rotatable bonds is 5. The highest BCUT2D eigenvalue weighted by Crippen LogP contribution is 2.26. The Labute approximate surface area is 145 Å². The normalized spacial score (nSPS) is 12.1. The summed E-state index contributed by atoms with van der Waals surface area (Å²) in [6, 6.07) is 7.13. The van der Waals surface area contributed by atoms with Crippen LogP contribution >= 0.6 is 27.3 Å². The van der Waals surface area contributed by atoms with Crippen molar-refractivity contribution in [1.29, 1.82) is 0 Å². The number of aromatic nitrogens is 1. The van der Waals surface area contributed by atoms with E-state index in [0.29, 0.717) is 17.1 Å². The summed E-state index contributed by atoms with van der Waals surface area (Å²) in [6.07, 6.45) is 2.15. The molecule has 0 aliphatic carbocycles. The second-order valence-corrected chi connectivity index (χ2v) is 6.53. The predicted octanol–water partition coefficient (Wildman–Crippen LogP) is 3.63. The molecule has 2 N–H and O–H groups in total. The number of thiophene rings is 1. The Hall–Kier alpha value is -1.96. The van der Waals surface area contributed by atoms with E-state index < -0.39 is 6.10 Å². The molecule has 0 aliphatic rings. The maximum absolute atomic E-state index is 12.0. The maximum atomic E-state index is 12.0. The van der Waals surface area contributed by atoms with Crippen molar-refractivity contribution in [2.24, 2.45) is 0 Å². The number of pyridine rings is 1. The molecule has 5 nitrogen and oxygen atoms in total. The molecule has 0 bridgehead atoms. The number of hydrogen-bond donors (Lipinski definition) is 2. The van der Waals surface area contributed by atoms with Crippen molar-refractivity contribution >= 4 is 33.2 Å². The monoisotopic (exact) mass is 392 g/mol. The van der Waals surface area contributed by atoms with Crippen LogP contribution in [0.3, 0.4) is 0 Å². The quantitative estimate of drug-likeness (QED) is 0.694. The van der Waals surface area contributed by atoms with Crippen LogP contribution in [0.25, 0.3) is 11.3 Å². The average Bonchev–Trinajstić information content (AvgIpc) is 3.22. The Morgan fingerprint density at radius 2 is 2.26 bits per heavy atom. The molecule has 1 amide bonds. The first kappa shape index (κ1) is 15.9.